The van der Waals surface area contributed by atoms with Crippen LogP contribution in [-0.2, 0) is 4.79 Å². The van der Waals surface area contributed by atoms with Gasteiger partial charge in [-0.15, -0.1) is 0 Å². The minimum Gasteiger partial charge on any atom is -0.494 e. The molecule has 4 rings (SSSR count). The number of unbranched alkanes of at least 4 members (excludes halogenated alkanes) is 1. The lowest BCUT2D eigenvalue weighted by Gasteiger charge is -2.32. The van der Waals surface area contributed by atoms with Crippen molar-refractivity contribution in [2.45, 2.75) is 83.3 Å². The van der Waals surface area contributed by atoms with Crippen LogP contribution in [0.15, 0.2) is 35.1 Å². The lowest BCUT2D eigenvalue weighted by Crippen LogP contribution is -2.39. The number of nitrogens with zero attached hydrogens (tertiary/aromatic N) is 2. The Labute approximate surface area is 214 Å². The maximum atomic E-state index is 13.2. The summed E-state index contributed by atoms with van der Waals surface area (Å²) in [5.74, 6) is 1.67. The predicted molar refractivity (Wildman–Crippen MR) is 143 cm³/mol. The summed E-state index contributed by atoms with van der Waals surface area (Å²) in [7, 11) is 0. The van der Waals surface area contributed by atoms with Crippen molar-refractivity contribution in [1.82, 2.24) is 14.8 Å². The molecular weight excluding hydrogens is 454 g/mol. The molecule has 1 saturated carbocycles. The molecule has 1 amide bonds. The van der Waals surface area contributed by atoms with Gasteiger partial charge in [-0.25, -0.2) is 0 Å². The van der Waals surface area contributed by atoms with Gasteiger partial charge in [-0.2, -0.15) is 0 Å². The molecule has 1 aromatic carbocycles. The third kappa shape index (κ3) is 7.56. The molecule has 1 aliphatic heterocycles. The van der Waals surface area contributed by atoms with Crippen molar-refractivity contribution in [2.75, 3.05) is 32.8 Å². The molecule has 2 aromatic rings. The van der Waals surface area contributed by atoms with Crippen LogP contribution in [0, 0.1) is 5.92 Å². The summed E-state index contributed by atoms with van der Waals surface area (Å²) in [4.78, 5) is 32.0. The van der Waals surface area contributed by atoms with Gasteiger partial charge in [0.15, 0.2) is 0 Å². The van der Waals surface area contributed by atoms with E-state index in [0.29, 0.717) is 25.0 Å². The van der Waals surface area contributed by atoms with E-state index in [1.165, 1.54) is 38.2 Å². The molecule has 0 radical (unpaired) electrons. The zero-order chi connectivity index (χ0) is 25.3. The van der Waals surface area contributed by atoms with E-state index in [9.17, 15) is 14.7 Å². The number of aromatic nitrogens is 1. The first-order valence-corrected chi connectivity index (χ1v) is 14.0. The number of benzene rings is 1. The first-order valence-electron chi connectivity index (χ1n) is 14.0. The number of H-pyrrole nitrogens is 1. The molecule has 2 aliphatic rings. The van der Waals surface area contributed by atoms with Gasteiger partial charge in [0.1, 0.15) is 5.75 Å². The minimum absolute atomic E-state index is 0.109. The monoisotopic (exact) mass is 497 g/mol. The minimum atomic E-state index is -0.234. The number of fused-ring (bicyclic) bond motifs is 1. The maximum Gasteiger partial charge on any atom is 0.248 e. The molecule has 0 spiro atoms. The van der Waals surface area contributed by atoms with E-state index in [1.807, 2.05) is 18.2 Å². The van der Waals surface area contributed by atoms with E-state index in [2.05, 4.69) is 21.7 Å². The van der Waals surface area contributed by atoms with Crippen LogP contribution in [0.1, 0.15) is 71.1 Å². The van der Waals surface area contributed by atoms with Crippen molar-refractivity contribution < 1.29 is 14.6 Å². The highest BCUT2D eigenvalue weighted by Crippen LogP contribution is 2.26. The smallest absolute Gasteiger partial charge is 0.248 e. The Kier molecular flexibility index (Phi) is 9.82. The zero-order valence-corrected chi connectivity index (χ0v) is 21.8. The fourth-order valence-electron chi connectivity index (χ4n) is 5.90. The highest BCUT2D eigenvalue weighted by molar-refractivity contribution is 5.79. The molecule has 1 unspecified atom stereocenters. The number of carbonyl (C=O) groups excluding carboxylic acids is 1. The summed E-state index contributed by atoms with van der Waals surface area (Å²) >= 11 is 0. The molecule has 36 heavy (non-hydrogen) atoms. The number of carbonyl (C=O) groups is 1. The number of aliphatic hydroxyl groups excluding tert-OH is 1. The normalized spacial score (nSPS) is 21.2. The van der Waals surface area contributed by atoms with E-state index in [0.717, 1.165) is 68.5 Å². The Balaban J connectivity index is 1.24. The van der Waals surface area contributed by atoms with Crippen LogP contribution < -0.4 is 10.3 Å². The Hall–Kier alpha value is -2.38. The molecule has 7 heteroatoms. The van der Waals surface area contributed by atoms with Crippen LogP contribution in [0.4, 0.5) is 0 Å². The quantitative estimate of drug-likeness (QED) is 0.426. The van der Waals surface area contributed by atoms with Gasteiger partial charge >= 0.3 is 0 Å². The second-order valence-electron chi connectivity index (χ2n) is 10.6. The van der Waals surface area contributed by atoms with Crippen LogP contribution in [0.5, 0.6) is 5.75 Å². The van der Waals surface area contributed by atoms with Crippen molar-refractivity contribution in [3.63, 3.8) is 0 Å². The van der Waals surface area contributed by atoms with Crippen molar-refractivity contribution in [3.05, 3.63) is 40.7 Å². The summed E-state index contributed by atoms with van der Waals surface area (Å²) in [5.41, 5.74) is 0.689. The number of amides is 1. The van der Waals surface area contributed by atoms with Crippen molar-refractivity contribution in [3.8, 4) is 5.75 Å². The number of pyridine rings is 1. The van der Waals surface area contributed by atoms with Crippen LogP contribution >= 0.6 is 0 Å². The van der Waals surface area contributed by atoms with Crippen molar-refractivity contribution in [2.24, 2.45) is 5.92 Å². The lowest BCUT2D eigenvalue weighted by atomic mass is 9.88. The molecule has 198 valence electrons. The summed E-state index contributed by atoms with van der Waals surface area (Å²) in [6.07, 6.45) is 10.1. The largest absolute Gasteiger partial charge is 0.494 e. The number of rotatable bonds is 12. The Morgan fingerprint density at radius 3 is 2.81 bits per heavy atom. The maximum absolute atomic E-state index is 13.2. The summed E-state index contributed by atoms with van der Waals surface area (Å²) < 4.78 is 5.91. The summed E-state index contributed by atoms with van der Waals surface area (Å²) in [5, 5.41) is 11.0. The van der Waals surface area contributed by atoms with Gasteiger partial charge in [-0.1, -0.05) is 26.2 Å². The van der Waals surface area contributed by atoms with Gasteiger partial charge in [-0.3, -0.25) is 14.5 Å². The van der Waals surface area contributed by atoms with E-state index in [4.69, 9.17) is 4.74 Å². The third-order valence-corrected chi connectivity index (χ3v) is 7.95. The van der Waals surface area contributed by atoms with Crippen LogP contribution in [0.25, 0.3) is 10.9 Å². The molecule has 1 aromatic heterocycles. The van der Waals surface area contributed by atoms with Crippen LogP contribution in [0.2, 0.25) is 0 Å². The fraction of sp³-hybridized carbons (Fsp3) is 0.655. The molecule has 1 saturated heterocycles. The standard InChI is InChI=1S/C29H43N3O4/c1-2-31-21-25(33)19-24(31)15-16-32(20-22-8-4-3-5-9-22)29(35)10-6-7-17-36-26-12-13-27-23(18-26)11-14-28(34)30-27/h11-14,18,22,24-25,33H,2-10,15-17,19-21H2,1H3,(H,30,34)/t24?,25-/m0/s1. The van der Waals surface area contributed by atoms with Crippen molar-refractivity contribution >= 4 is 16.8 Å². The van der Waals surface area contributed by atoms with E-state index in [1.54, 1.807) is 6.07 Å². The van der Waals surface area contributed by atoms with Gasteiger partial charge in [0.25, 0.3) is 0 Å². The number of hydrogen-bond acceptors (Lipinski definition) is 5. The second-order valence-corrected chi connectivity index (χ2v) is 10.6. The molecular formula is C29H43N3O4. The number of ether oxygens (including phenoxy) is 1. The SMILES string of the molecule is CCN1C[C@@H](O)CC1CCN(CC1CCCCC1)C(=O)CCCCOc1ccc2[nH]c(=O)ccc2c1. The predicted octanol–water partition coefficient (Wildman–Crippen LogP) is 4.33. The van der Waals surface area contributed by atoms with Gasteiger partial charge in [0.2, 0.25) is 11.5 Å². The van der Waals surface area contributed by atoms with Crippen LogP contribution in [0.3, 0.4) is 0 Å². The Morgan fingerprint density at radius 2 is 2.00 bits per heavy atom. The number of nitrogens with one attached hydrogen (secondary N) is 1. The van der Waals surface area contributed by atoms with E-state index >= 15 is 0 Å². The lowest BCUT2D eigenvalue weighted by molar-refractivity contribution is -0.132. The van der Waals surface area contributed by atoms with E-state index < -0.39 is 0 Å². The molecule has 1 aliphatic carbocycles. The fourth-order valence-corrected chi connectivity index (χ4v) is 5.90. The molecule has 0 bridgehead atoms. The first kappa shape index (κ1) is 26.7. The topological polar surface area (TPSA) is 85.9 Å². The number of hydrogen-bond donors (Lipinski definition) is 2. The van der Waals surface area contributed by atoms with Gasteiger partial charge in [0, 0.05) is 49.1 Å². The van der Waals surface area contributed by atoms with Gasteiger partial charge in [-0.05, 0) is 75.3 Å². The molecule has 2 N–H and O–H groups in total. The molecule has 2 atom stereocenters. The number of aliphatic hydroxyl groups is 1. The average molecular weight is 498 g/mol. The highest BCUT2D eigenvalue weighted by Gasteiger charge is 2.30. The average Bonchev–Trinajstić information content (AvgIpc) is 3.26. The van der Waals surface area contributed by atoms with E-state index in [-0.39, 0.29) is 17.6 Å². The van der Waals surface area contributed by atoms with Gasteiger partial charge < -0.3 is 19.7 Å². The third-order valence-electron chi connectivity index (χ3n) is 7.95. The zero-order valence-electron chi connectivity index (χ0n) is 21.8. The molecule has 2 heterocycles. The second kappa shape index (κ2) is 13.2. The Morgan fingerprint density at radius 1 is 1.17 bits per heavy atom. The van der Waals surface area contributed by atoms with Crippen LogP contribution in [-0.4, -0.2) is 70.7 Å². The molecule has 7 nitrogen and oxygen atoms in total. The van der Waals surface area contributed by atoms with Crippen molar-refractivity contribution in [1.29, 1.82) is 0 Å². The Bertz CT molecular complexity index is 1030. The highest BCUT2D eigenvalue weighted by atomic mass is 16.5. The first-order chi connectivity index (χ1) is 17.5. The summed E-state index contributed by atoms with van der Waals surface area (Å²) in [6.45, 7) is 6.10. The number of aromatic amines is 1. The number of likely N-dealkylation sites (tertiary alicyclic amines) is 1. The molecule has 2 fully saturated rings. The van der Waals surface area contributed by atoms with Gasteiger partial charge in [0.05, 0.1) is 12.7 Å². The summed E-state index contributed by atoms with van der Waals surface area (Å²) in [6, 6.07) is 9.36. The number of β-amino-alcohol motifs (C(OH)–C–C–N with tert-alkyl or cyclic N) is 1. The number of likely N-dealkylation sites (N-methyl/N-ethyl adjacent to an activating group) is 1.